The Morgan fingerprint density at radius 3 is 2.86 bits per heavy atom. The summed E-state index contributed by atoms with van der Waals surface area (Å²) in [6.07, 6.45) is 3.71. The van der Waals surface area contributed by atoms with Gasteiger partial charge in [0.1, 0.15) is 17.3 Å². The number of nitrogens with zero attached hydrogens (tertiary/aromatic N) is 6. The van der Waals surface area contributed by atoms with Crippen LogP contribution in [0.1, 0.15) is 71.4 Å². The van der Waals surface area contributed by atoms with Crippen LogP contribution in [-0.2, 0) is 23.1 Å². The predicted molar refractivity (Wildman–Crippen MR) is 128 cm³/mol. The molecule has 0 spiro atoms. The van der Waals surface area contributed by atoms with E-state index in [-0.39, 0.29) is 24.0 Å². The number of hydrogen-bond donors (Lipinski definition) is 2. The number of aliphatic hydroxyl groups is 1. The zero-order chi connectivity index (χ0) is 24.3. The quantitative estimate of drug-likeness (QED) is 0.531. The van der Waals surface area contributed by atoms with Crippen LogP contribution in [0.2, 0.25) is 0 Å². The van der Waals surface area contributed by atoms with E-state index in [4.69, 9.17) is 20.4 Å². The average molecular weight is 476 g/mol. The van der Waals surface area contributed by atoms with E-state index in [0.717, 1.165) is 48.5 Å². The topological polar surface area (TPSA) is 132 Å². The van der Waals surface area contributed by atoms with Gasteiger partial charge in [-0.1, -0.05) is 13.0 Å². The van der Waals surface area contributed by atoms with Crippen molar-refractivity contribution in [3.8, 4) is 11.5 Å². The Kier molecular flexibility index (Phi) is 5.21. The zero-order valence-corrected chi connectivity index (χ0v) is 19.9. The lowest BCUT2D eigenvalue weighted by molar-refractivity contribution is 0.0995. The number of nitrogens with two attached hydrogens (primary N) is 1. The highest BCUT2D eigenvalue weighted by Gasteiger charge is 2.43. The monoisotopic (exact) mass is 475 g/mol. The lowest BCUT2D eigenvalue weighted by Crippen LogP contribution is -2.24. The largest absolute Gasteiger partial charge is 0.394 e. The number of amides is 1. The van der Waals surface area contributed by atoms with E-state index < -0.39 is 6.04 Å². The highest BCUT2D eigenvalue weighted by atomic mass is 16.5. The van der Waals surface area contributed by atoms with Crippen molar-refractivity contribution in [1.29, 1.82) is 0 Å². The molecule has 0 saturated heterocycles. The lowest BCUT2D eigenvalue weighted by Gasteiger charge is -2.18. The Labute approximate surface area is 203 Å². The third-order valence-electron chi connectivity index (χ3n) is 7.55. The second-order valence-corrected chi connectivity index (χ2v) is 10.00. The van der Waals surface area contributed by atoms with Crippen molar-refractivity contribution in [3.05, 3.63) is 52.6 Å². The molecule has 3 aliphatic rings. The molecule has 3 aromatic rings. The van der Waals surface area contributed by atoms with Crippen molar-refractivity contribution in [2.24, 2.45) is 5.73 Å². The minimum atomic E-state index is -0.419. The number of hydrogen-bond acceptors (Lipinski definition) is 8. The van der Waals surface area contributed by atoms with Crippen LogP contribution < -0.4 is 10.6 Å². The van der Waals surface area contributed by atoms with Crippen LogP contribution in [0, 0.1) is 0 Å². The molecule has 10 nitrogen and oxygen atoms in total. The van der Waals surface area contributed by atoms with Crippen LogP contribution in [0.15, 0.2) is 24.3 Å². The molecule has 1 amide bonds. The van der Waals surface area contributed by atoms with Gasteiger partial charge in [-0.05, 0) is 37.5 Å². The van der Waals surface area contributed by atoms with Gasteiger partial charge in [0.05, 0.1) is 37.5 Å². The van der Waals surface area contributed by atoms with E-state index in [1.165, 1.54) is 0 Å². The Balaban J connectivity index is 1.38. The second kappa shape index (κ2) is 8.18. The molecule has 10 heteroatoms. The van der Waals surface area contributed by atoms with Crippen LogP contribution in [0.3, 0.4) is 0 Å². The van der Waals surface area contributed by atoms with Crippen LogP contribution in [0.4, 0.5) is 5.82 Å². The summed E-state index contributed by atoms with van der Waals surface area (Å²) in [4.78, 5) is 25.0. The number of rotatable bonds is 7. The predicted octanol–water partition coefficient (Wildman–Crippen LogP) is 2.07. The van der Waals surface area contributed by atoms with E-state index in [1.807, 2.05) is 28.8 Å². The van der Waals surface area contributed by atoms with E-state index in [1.54, 1.807) is 12.0 Å². The molecule has 3 aromatic heterocycles. The van der Waals surface area contributed by atoms with Crippen LogP contribution in [0.25, 0.3) is 11.5 Å². The molecule has 0 unspecified atom stereocenters. The minimum Gasteiger partial charge on any atom is -0.394 e. The summed E-state index contributed by atoms with van der Waals surface area (Å²) >= 11 is 0. The molecule has 0 bridgehead atoms. The fourth-order valence-corrected chi connectivity index (χ4v) is 5.18. The summed E-state index contributed by atoms with van der Waals surface area (Å²) in [7, 11) is 1.61. The third kappa shape index (κ3) is 3.55. The molecule has 35 heavy (non-hydrogen) atoms. The smallest absolute Gasteiger partial charge is 0.260 e. The standard InChI is InChI=1S/C25H29N7O3/c1-25(8-9-25)19-10-15-16(22(28-19)17(26)13-35-2)11-31(24(15)34)20-5-3-4-18(27-20)23-30-29-21-7-6-14(12-33)32(21)23/h3-5,10,14,17,33H,6-9,11-13,26H2,1-2H3/t14-,17-/m1/s1. The number of aliphatic hydroxyl groups excluding tert-OH is 1. The molecule has 1 aliphatic carbocycles. The van der Waals surface area contributed by atoms with Gasteiger partial charge in [0.15, 0.2) is 5.82 Å². The molecular weight excluding hydrogens is 446 g/mol. The number of aryl methyl sites for hydroxylation is 1. The van der Waals surface area contributed by atoms with E-state index >= 15 is 0 Å². The minimum absolute atomic E-state index is 0.000259. The van der Waals surface area contributed by atoms with E-state index in [9.17, 15) is 9.90 Å². The summed E-state index contributed by atoms with van der Waals surface area (Å²) in [5.41, 5.74) is 10.2. The van der Waals surface area contributed by atoms with Gasteiger partial charge in [-0.2, -0.15) is 0 Å². The number of fused-ring (bicyclic) bond motifs is 2. The van der Waals surface area contributed by atoms with Gasteiger partial charge in [-0.3, -0.25) is 14.7 Å². The van der Waals surface area contributed by atoms with Crippen LogP contribution in [0.5, 0.6) is 0 Å². The van der Waals surface area contributed by atoms with Gasteiger partial charge in [-0.15, -0.1) is 10.2 Å². The van der Waals surface area contributed by atoms with Gasteiger partial charge >= 0.3 is 0 Å². The number of carbonyl (C=O) groups is 1. The zero-order valence-electron chi connectivity index (χ0n) is 19.9. The molecule has 6 rings (SSSR count). The number of carbonyl (C=O) groups excluding carboxylic acids is 1. The number of pyridine rings is 2. The van der Waals surface area contributed by atoms with Gasteiger partial charge in [-0.25, -0.2) is 4.98 Å². The Hall–Kier alpha value is -3.21. The molecule has 1 saturated carbocycles. The molecule has 0 radical (unpaired) electrons. The summed E-state index contributed by atoms with van der Waals surface area (Å²) in [6, 6.07) is 7.01. The summed E-state index contributed by atoms with van der Waals surface area (Å²) in [6.45, 7) is 2.87. The van der Waals surface area contributed by atoms with Crippen molar-refractivity contribution in [2.75, 3.05) is 25.2 Å². The van der Waals surface area contributed by atoms with Crippen molar-refractivity contribution in [2.45, 2.75) is 56.7 Å². The van der Waals surface area contributed by atoms with Gasteiger partial charge < -0.3 is 20.1 Å². The Bertz CT molecular complexity index is 1320. The molecule has 0 aromatic carbocycles. The van der Waals surface area contributed by atoms with Gasteiger partial charge in [0, 0.05) is 35.8 Å². The van der Waals surface area contributed by atoms with E-state index in [2.05, 4.69) is 17.1 Å². The number of anilines is 1. The lowest BCUT2D eigenvalue weighted by atomic mass is 9.97. The van der Waals surface area contributed by atoms with Gasteiger partial charge in [0.2, 0.25) is 0 Å². The second-order valence-electron chi connectivity index (χ2n) is 10.00. The molecular formula is C25H29N7O3. The van der Waals surface area contributed by atoms with Crippen molar-refractivity contribution >= 4 is 11.7 Å². The number of aromatic nitrogens is 5. The Morgan fingerprint density at radius 1 is 1.29 bits per heavy atom. The average Bonchev–Trinajstić information content (AvgIpc) is 3.19. The van der Waals surface area contributed by atoms with E-state index in [0.29, 0.717) is 36.1 Å². The normalized spacial score (nSPS) is 20.7. The number of methoxy groups -OCH3 is 1. The van der Waals surface area contributed by atoms with Crippen molar-refractivity contribution < 1.29 is 14.6 Å². The third-order valence-corrected chi connectivity index (χ3v) is 7.55. The Morgan fingerprint density at radius 2 is 2.11 bits per heavy atom. The van der Waals surface area contributed by atoms with Crippen molar-refractivity contribution in [3.63, 3.8) is 0 Å². The maximum atomic E-state index is 13.6. The first-order chi connectivity index (χ1) is 16.9. The highest BCUT2D eigenvalue weighted by Crippen LogP contribution is 2.48. The molecule has 182 valence electrons. The maximum absolute atomic E-state index is 13.6. The number of ether oxygens (including phenoxy) is 1. The molecule has 3 N–H and O–H groups in total. The van der Waals surface area contributed by atoms with Crippen LogP contribution in [-0.4, -0.2) is 56.1 Å². The van der Waals surface area contributed by atoms with Gasteiger partial charge in [0.25, 0.3) is 5.91 Å². The summed E-state index contributed by atoms with van der Waals surface area (Å²) in [5.74, 6) is 1.88. The summed E-state index contributed by atoms with van der Waals surface area (Å²) < 4.78 is 7.26. The fourth-order valence-electron chi connectivity index (χ4n) is 5.18. The first-order valence-corrected chi connectivity index (χ1v) is 12.1. The first kappa shape index (κ1) is 22.3. The van der Waals surface area contributed by atoms with Crippen LogP contribution >= 0.6 is 0 Å². The fraction of sp³-hybridized carbons (Fsp3) is 0.480. The van der Waals surface area contributed by atoms with Crippen molar-refractivity contribution in [1.82, 2.24) is 24.7 Å². The molecule has 1 fully saturated rings. The highest BCUT2D eigenvalue weighted by molar-refractivity contribution is 6.10. The molecule has 5 heterocycles. The molecule has 2 aliphatic heterocycles. The maximum Gasteiger partial charge on any atom is 0.260 e. The first-order valence-electron chi connectivity index (χ1n) is 12.1. The molecule has 2 atom stereocenters. The SMILES string of the molecule is COC[C@@H](N)c1nc(C2(C)CC2)cc2c1CN(c1cccc(-c3nnc4n3[C@@H](CO)CC4)n1)C2=O. The summed E-state index contributed by atoms with van der Waals surface area (Å²) in [5, 5.41) is 18.4.